The molecule has 2 N–H and O–H groups in total. The van der Waals surface area contributed by atoms with E-state index >= 15 is 0 Å². The Morgan fingerprint density at radius 2 is 1.39 bits per heavy atom. The van der Waals surface area contributed by atoms with Crippen LogP contribution in [0, 0.1) is 0 Å². The molecule has 0 amide bonds. The number of carbonyl (C=O) groups is 1. The Bertz CT molecular complexity index is 1440. The first kappa shape index (κ1) is 19.8. The van der Waals surface area contributed by atoms with Gasteiger partial charge in [0.05, 0.1) is 17.5 Å². The molecule has 0 unspecified atom stereocenters. The van der Waals surface area contributed by atoms with Crippen LogP contribution in [-0.4, -0.2) is 20.9 Å². The van der Waals surface area contributed by atoms with Gasteiger partial charge in [-0.1, -0.05) is 48.5 Å². The number of hydrogen-bond acceptors (Lipinski definition) is 5. The minimum atomic E-state index is -0.495. The zero-order valence-corrected chi connectivity index (χ0v) is 16.2. The number of esters is 1. The summed E-state index contributed by atoms with van der Waals surface area (Å²) in [6, 6.07) is 20.9. The third kappa shape index (κ3) is 4.91. The summed E-state index contributed by atoms with van der Waals surface area (Å²) in [5.74, 6) is -0.230. The van der Waals surface area contributed by atoms with Crippen LogP contribution in [0.4, 0.5) is 0 Å². The summed E-state index contributed by atoms with van der Waals surface area (Å²) < 4.78 is 5.28. The molecule has 0 spiro atoms. The van der Waals surface area contributed by atoms with E-state index in [1.54, 1.807) is 48.5 Å². The monoisotopic (exact) mass is 411 g/mol. The van der Waals surface area contributed by atoms with Gasteiger partial charge >= 0.3 is 5.97 Å². The molecule has 31 heavy (non-hydrogen) atoms. The van der Waals surface area contributed by atoms with E-state index in [9.17, 15) is 14.4 Å². The maximum absolute atomic E-state index is 12.4. The van der Waals surface area contributed by atoms with Crippen molar-refractivity contribution in [2.24, 2.45) is 0 Å². The molecule has 0 aliphatic rings. The standard InChI is InChI=1S/C24H17N3O4/c28-22-20(13-16-7-3-1-4-8-16)26-23(29)21(27-22)14-18-11-12-19(15-25-18)31-24(30)17-9-5-2-6-10-17/h1-15H,(H,26,29)(H,27,28). The second-order valence-electron chi connectivity index (χ2n) is 6.61. The highest BCUT2D eigenvalue weighted by molar-refractivity contribution is 5.90. The lowest BCUT2D eigenvalue weighted by Gasteiger charge is -2.03. The number of pyridine rings is 1. The molecule has 0 radical (unpaired) electrons. The first-order valence-electron chi connectivity index (χ1n) is 9.43. The summed E-state index contributed by atoms with van der Waals surface area (Å²) in [6.07, 6.45) is 4.41. The smallest absolute Gasteiger partial charge is 0.343 e. The third-order valence-corrected chi connectivity index (χ3v) is 4.37. The number of ether oxygens (including phenoxy) is 1. The fraction of sp³-hybridized carbons (Fsp3) is 0. The summed E-state index contributed by atoms with van der Waals surface area (Å²) in [7, 11) is 0. The number of nitrogens with zero attached hydrogens (tertiary/aromatic N) is 1. The van der Waals surface area contributed by atoms with Crippen molar-refractivity contribution in [3.63, 3.8) is 0 Å². The van der Waals surface area contributed by atoms with E-state index in [0.29, 0.717) is 11.3 Å². The Morgan fingerprint density at radius 1 is 0.774 bits per heavy atom. The molecule has 152 valence electrons. The minimum Gasteiger partial charge on any atom is -0.421 e. The number of rotatable bonds is 4. The van der Waals surface area contributed by atoms with Crippen LogP contribution in [0.5, 0.6) is 5.75 Å². The first-order chi connectivity index (χ1) is 15.1. The molecule has 0 aliphatic carbocycles. The van der Waals surface area contributed by atoms with Crippen molar-refractivity contribution in [3.05, 3.63) is 127 Å². The number of benzene rings is 2. The van der Waals surface area contributed by atoms with Gasteiger partial charge in [0, 0.05) is 0 Å². The molecule has 0 fully saturated rings. The van der Waals surface area contributed by atoms with Crippen LogP contribution in [-0.2, 0) is 0 Å². The van der Waals surface area contributed by atoms with E-state index in [2.05, 4.69) is 15.0 Å². The molecule has 7 nitrogen and oxygen atoms in total. The SMILES string of the molecule is O=C(Oc1ccc(C=c2[nH]c(=O)c(=Cc3ccccc3)[nH]c2=O)nc1)c1ccccc1. The molecule has 2 aromatic carbocycles. The Hall–Kier alpha value is -4.52. The van der Waals surface area contributed by atoms with Gasteiger partial charge in [0.1, 0.15) is 16.4 Å². The second-order valence-corrected chi connectivity index (χ2v) is 6.61. The Labute approximate surface area is 176 Å². The Morgan fingerprint density at radius 3 is 2.00 bits per heavy atom. The zero-order chi connectivity index (χ0) is 21.6. The summed E-state index contributed by atoms with van der Waals surface area (Å²) in [6.45, 7) is 0. The van der Waals surface area contributed by atoms with Crippen LogP contribution in [0.25, 0.3) is 12.2 Å². The molecule has 0 atom stereocenters. The summed E-state index contributed by atoms with van der Waals surface area (Å²) in [5, 5.41) is 0.223. The van der Waals surface area contributed by atoms with Crippen LogP contribution in [0.3, 0.4) is 0 Å². The van der Waals surface area contributed by atoms with Crippen molar-refractivity contribution in [1.82, 2.24) is 15.0 Å². The molecule has 2 heterocycles. The molecule has 0 bridgehead atoms. The van der Waals surface area contributed by atoms with Crippen molar-refractivity contribution in [2.45, 2.75) is 0 Å². The largest absolute Gasteiger partial charge is 0.421 e. The lowest BCUT2D eigenvalue weighted by Crippen LogP contribution is -2.46. The van der Waals surface area contributed by atoms with Crippen molar-refractivity contribution in [1.29, 1.82) is 0 Å². The number of nitrogens with one attached hydrogen (secondary N) is 2. The topological polar surface area (TPSA) is 105 Å². The van der Waals surface area contributed by atoms with Crippen molar-refractivity contribution in [3.8, 4) is 5.75 Å². The molecule has 4 rings (SSSR count). The van der Waals surface area contributed by atoms with E-state index in [4.69, 9.17) is 4.74 Å². The Balaban J connectivity index is 1.58. The fourth-order valence-electron chi connectivity index (χ4n) is 2.84. The van der Waals surface area contributed by atoms with Crippen molar-refractivity contribution < 1.29 is 9.53 Å². The van der Waals surface area contributed by atoms with Crippen LogP contribution in [0.1, 0.15) is 21.6 Å². The number of aromatic amines is 2. The van der Waals surface area contributed by atoms with Gasteiger partial charge < -0.3 is 14.7 Å². The van der Waals surface area contributed by atoms with Gasteiger partial charge in [-0.05, 0) is 42.0 Å². The highest BCUT2D eigenvalue weighted by atomic mass is 16.5. The lowest BCUT2D eigenvalue weighted by atomic mass is 10.2. The van der Waals surface area contributed by atoms with Gasteiger partial charge in [-0.2, -0.15) is 0 Å². The fourth-order valence-corrected chi connectivity index (χ4v) is 2.84. The van der Waals surface area contributed by atoms with Gasteiger partial charge in [-0.3, -0.25) is 14.6 Å². The zero-order valence-electron chi connectivity index (χ0n) is 16.2. The van der Waals surface area contributed by atoms with Crippen molar-refractivity contribution >= 4 is 18.1 Å². The van der Waals surface area contributed by atoms with Crippen LogP contribution >= 0.6 is 0 Å². The lowest BCUT2D eigenvalue weighted by molar-refractivity contribution is 0.0734. The Kier molecular flexibility index (Phi) is 5.66. The van der Waals surface area contributed by atoms with Gasteiger partial charge in [-0.25, -0.2) is 4.79 Å². The van der Waals surface area contributed by atoms with E-state index < -0.39 is 17.1 Å². The third-order valence-electron chi connectivity index (χ3n) is 4.37. The van der Waals surface area contributed by atoms with E-state index in [-0.39, 0.29) is 16.4 Å². The molecular formula is C24H17N3O4. The predicted octanol–water partition coefficient (Wildman–Crippen LogP) is 1.33. The molecular weight excluding hydrogens is 394 g/mol. The number of hydrogen-bond donors (Lipinski definition) is 2. The van der Waals surface area contributed by atoms with E-state index in [0.717, 1.165) is 5.56 Å². The van der Waals surface area contributed by atoms with Crippen LogP contribution < -0.4 is 26.6 Å². The molecule has 0 saturated carbocycles. The first-order valence-corrected chi connectivity index (χ1v) is 9.43. The maximum Gasteiger partial charge on any atom is 0.343 e. The summed E-state index contributed by atoms with van der Waals surface area (Å²) in [5.41, 5.74) is 0.754. The van der Waals surface area contributed by atoms with Gasteiger partial charge in [0.15, 0.2) is 0 Å². The molecule has 4 aromatic rings. The summed E-state index contributed by atoms with van der Waals surface area (Å²) >= 11 is 0. The number of H-pyrrole nitrogens is 2. The van der Waals surface area contributed by atoms with Crippen molar-refractivity contribution in [2.75, 3.05) is 0 Å². The van der Waals surface area contributed by atoms with Crippen LogP contribution in [0.15, 0.2) is 88.6 Å². The highest BCUT2D eigenvalue weighted by Crippen LogP contribution is 2.12. The van der Waals surface area contributed by atoms with E-state index in [1.165, 1.54) is 12.3 Å². The molecule has 7 heteroatoms. The normalized spacial score (nSPS) is 12.0. The predicted molar refractivity (Wildman–Crippen MR) is 116 cm³/mol. The van der Waals surface area contributed by atoms with E-state index in [1.807, 2.05) is 30.3 Å². The average Bonchev–Trinajstić information content (AvgIpc) is 2.80. The molecule has 2 aromatic heterocycles. The quantitative estimate of drug-likeness (QED) is 0.493. The van der Waals surface area contributed by atoms with Crippen LogP contribution in [0.2, 0.25) is 0 Å². The number of aromatic nitrogens is 3. The second kappa shape index (κ2) is 8.87. The molecule has 0 saturated heterocycles. The average molecular weight is 411 g/mol. The maximum atomic E-state index is 12.4. The number of carbonyl (C=O) groups excluding carboxylic acids is 1. The van der Waals surface area contributed by atoms with Gasteiger partial charge in [0.25, 0.3) is 11.1 Å². The van der Waals surface area contributed by atoms with Gasteiger partial charge in [-0.15, -0.1) is 0 Å². The molecule has 0 aliphatic heterocycles. The van der Waals surface area contributed by atoms with Gasteiger partial charge in [0.2, 0.25) is 0 Å². The highest BCUT2D eigenvalue weighted by Gasteiger charge is 2.07. The summed E-state index contributed by atoms with van der Waals surface area (Å²) in [4.78, 5) is 46.1. The minimum absolute atomic E-state index is 0.0664.